The van der Waals surface area contributed by atoms with Gasteiger partial charge in [-0.05, 0) is 159 Å². The minimum atomic E-state index is 1.12. The fraction of sp³-hybridized carbons (Fsp3) is 0. The fourth-order valence-electron chi connectivity index (χ4n) is 10.1. The summed E-state index contributed by atoms with van der Waals surface area (Å²) in [6, 6.07) is 80.8. The number of anilines is 6. The smallest absolute Gasteiger partial charge is 0.0473 e. The Bertz CT molecular complexity index is 3400. The predicted octanol–water partition coefficient (Wildman–Crippen LogP) is 16.7. The molecule has 0 aliphatic rings. The molecule has 0 saturated carbocycles. The Morgan fingerprint density at radius 3 is 0.850 bits per heavy atom. The van der Waals surface area contributed by atoms with Crippen LogP contribution in [-0.2, 0) is 0 Å². The van der Waals surface area contributed by atoms with Gasteiger partial charge in [-0.2, -0.15) is 0 Å². The molecule has 0 aromatic heterocycles. The number of nitrogens with zero attached hydrogens (tertiary/aromatic N) is 2. The summed E-state index contributed by atoms with van der Waals surface area (Å²) in [6.07, 6.45) is 0. The third-order valence-electron chi connectivity index (χ3n) is 12.8. The molecule has 13 aromatic rings. The second-order valence-electron chi connectivity index (χ2n) is 16.2. The summed E-state index contributed by atoms with van der Waals surface area (Å²) >= 11 is 0. The molecule has 0 aliphatic heterocycles. The summed E-state index contributed by atoms with van der Waals surface area (Å²) < 4.78 is 0. The summed E-state index contributed by atoms with van der Waals surface area (Å²) in [4.78, 5) is 4.83. The van der Waals surface area contributed by atoms with Gasteiger partial charge in [0.25, 0.3) is 0 Å². The summed E-state index contributed by atoms with van der Waals surface area (Å²) in [5, 5.41) is 20.3. The van der Waals surface area contributed by atoms with Gasteiger partial charge in [-0.25, -0.2) is 0 Å². The maximum absolute atomic E-state index is 2.41. The van der Waals surface area contributed by atoms with Crippen molar-refractivity contribution in [2.24, 2.45) is 0 Å². The molecule has 0 N–H and O–H groups in total. The molecule has 13 aromatic carbocycles. The van der Waals surface area contributed by atoms with Crippen LogP contribution in [-0.4, -0.2) is 0 Å². The average molecular weight is 761 g/mol. The van der Waals surface area contributed by atoms with E-state index in [4.69, 9.17) is 0 Å². The van der Waals surface area contributed by atoms with Gasteiger partial charge in [0.05, 0.1) is 0 Å². The Morgan fingerprint density at radius 2 is 0.483 bits per heavy atom. The lowest BCUT2D eigenvalue weighted by molar-refractivity contribution is 1.29. The number of para-hydroxylation sites is 2. The van der Waals surface area contributed by atoms with Gasteiger partial charge in [0.2, 0.25) is 0 Å². The first-order chi connectivity index (χ1) is 29.7. The van der Waals surface area contributed by atoms with Crippen LogP contribution in [0.1, 0.15) is 0 Å². The zero-order valence-electron chi connectivity index (χ0n) is 32.7. The normalized spacial score (nSPS) is 12.0. The van der Waals surface area contributed by atoms with Crippen molar-refractivity contribution >= 4 is 120 Å². The first-order valence-electron chi connectivity index (χ1n) is 20.7. The number of hydrogen-bond acceptors (Lipinski definition) is 2. The molecule has 0 amide bonds. The van der Waals surface area contributed by atoms with E-state index in [0.717, 1.165) is 34.1 Å². The van der Waals surface area contributed by atoms with E-state index in [1.807, 2.05) is 0 Å². The van der Waals surface area contributed by atoms with Crippen LogP contribution < -0.4 is 9.80 Å². The second-order valence-corrected chi connectivity index (χ2v) is 16.2. The number of benzene rings is 13. The van der Waals surface area contributed by atoms with Crippen molar-refractivity contribution in [3.8, 4) is 0 Å². The predicted molar refractivity (Wildman–Crippen MR) is 258 cm³/mol. The minimum Gasteiger partial charge on any atom is -0.310 e. The standard InChI is InChI=1S/C58H36N2/c1-3-13-47(14-4-1)59(51-31-43-23-19-39-9-7-10-40-20-24-44(32-51)57(43)55(39)40)49-29-27-37-17-18-38-28-30-50(36-54(38)53(37)35-49)60(48-15-5-2-6-16-48)52-33-45-25-21-41-11-8-12-42-22-26-46(34-52)58(45)56(41)42/h1-36H. The van der Waals surface area contributed by atoms with E-state index in [0.29, 0.717) is 0 Å². The maximum atomic E-state index is 2.41. The van der Waals surface area contributed by atoms with Gasteiger partial charge in [0, 0.05) is 34.1 Å². The quantitative estimate of drug-likeness (QED) is 0.156. The summed E-state index contributed by atoms with van der Waals surface area (Å²) in [5.74, 6) is 0. The van der Waals surface area contributed by atoms with Gasteiger partial charge >= 0.3 is 0 Å². The molecule has 2 heteroatoms. The Balaban J connectivity index is 1.00. The largest absolute Gasteiger partial charge is 0.310 e. The van der Waals surface area contributed by atoms with Gasteiger partial charge in [-0.1, -0.05) is 146 Å². The van der Waals surface area contributed by atoms with Crippen LogP contribution in [0.15, 0.2) is 218 Å². The number of fused-ring (bicyclic) bond motifs is 3. The van der Waals surface area contributed by atoms with E-state index in [-0.39, 0.29) is 0 Å². The lowest BCUT2D eigenvalue weighted by Crippen LogP contribution is -2.10. The van der Waals surface area contributed by atoms with Crippen molar-refractivity contribution < 1.29 is 0 Å². The Hall–Kier alpha value is -7.94. The molecule has 0 aliphatic carbocycles. The van der Waals surface area contributed by atoms with Gasteiger partial charge in [0.1, 0.15) is 0 Å². The van der Waals surface area contributed by atoms with Crippen LogP contribution >= 0.6 is 0 Å². The van der Waals surface area contributed by atoms with Crippen LogP contribution in [0, 0.1) is 0 Å². The molecule has 0 bridgehead atoms. The minimum absolute atomic E-state index is 1.12. The molecule has 2 nitrogen and oxygen atoms in total. The van der Waals surface area contributed by atoms with E-state index < -0.39 is 0 Å². The molecule has 60 heavy (non-hydrogen) atoms. The number of rotatable bonds is 6. The lowest BCUT2D eigenvalue weighted by Gasteiger charge is -2.28. The van der Waals surface area contributed by atoms with Gasteiger partial charge in [-0.15, -0.1) is 0 Å². The Kier molecular flexibility index (Phi) is 7.05. The van der Waals surface area contributed by atoms with Crippen LogP contribution in [0.4, 0.5) is 34.1 Å². The van der Waals surface area contributed by atoms with E-state index in [2.05, 4.69) is 228 Å². The molecule has 0 unspecified atom stereocenters. The van der Waals surface area contributed by atoms with Crippen molar-refractivity contribution in [3.63, 3.8) is 0 Å². The molecule has 13 rings (SSSR count). The second kappa shape index (κ2) is 12.8. The van der Waals surface area contributed by atoms with Crippen LogP contribution in [0.3, 0.4) is 0 Å². The van der Waals surface area contributed by atoms with Crippen molar-refractivity contribution in [2.45, 2.75) is 0 Å². The van der Waals surface area contributed by atoms with E-state index in [9.17, 15) is 0 Å². The van der Waals surface area contributed by atoms with Gasteiger partial charge in [0.15, 0.2) is 0 Å². The van der Waals surface area contributed by atoms with Crippen LogP contribution in [0.5, 0.6) is 0 Å². The Labute approximate surface area is 347 Å². The highest BCUT2D eigenvalue weighted by Crippen LogP contribution is 2.45. The summed E-state index contributed by atoms with van der Waals surface area (Å²) in [7, 11) is 0. The molecular weight excluding hydrogens is 725 g/mol. The van der Waals surface area contributed by atoms with Gasteiger partial charge < -0.3 is 9.80 Å². The highest BCUT2D eigenvalue weighted by Gasteiger charge is 2.20. The zero-order chi connectivity index (χ0) is 39.3. The molecule has 0 saturated heterocycles. The highest BCUT2D eigenvalue weighted by molar-refractivity contribution is 6.25. The molecular formula is C58H36N2. The third kappa shape index (κ3) is 5.01. The SMILES string of the molecule is c1ccc(N(c2cc3ccc4cccc5ccc(c2)c3c45)c2ccc3ccc4ccc(N(c5ccccc5)c5cc6ccc7cccc8ccc(c5)c6c78)cc4c3c2)cc1. The van der Waals surface area contributed by atoms with Crippen LogP contribution in [0.2, 0.25) is 0 Å². The molecule has 0 radical (unpaired) electrons. The molecule has 0 spiro atoms. The molecule has 0 fully saturated rings. The lowest BCUT2D eigenvalue weighted by atomic mass is 9.93. The number of hydrogen-bond donors (Lipinski definition) is 0. The van der Waals surface area contributed by atoms with E-state index in [1.54, 1.807) is 0 Å². The first-order valence-corrected chi connectivity index (χ1v) is 20.7. The molecule has 278 valence electrons. The van der Waals surface area contributed by atoms with Gasteiger partial charge in [-0.3, -0.25) is 0 Å². The van der Waals surface area contributed by atoms with E-state index in [1.165, 1.54) is 86.2 Å². The maximum Gasteiger partial charge on any atom is 0.0473 e. The molecule has 0 heterocycles. The van der Waals surface area contributed by atoms with Crippen molar-refractivity contribution in [1.29, 1.82) is 0 Å². The third-order valence-corrected chi connectivity index (χ3v) is 12.8. The monoisotopic (exact) mass is 760 g/mol. The van der Waals surface area contributed by atoms with Crippen LogP contribution in [0.25, 0.3) is 86.2 Å². The zero-order valence-corrected chi connectivity index (χ0v) is 32.7. The van der Waals surface area contributed by atoms with Crippen molar-refractivity contribution in [1.82, 2.24) is 0 Å². The average Bonchev–Trinajstić information content (AvgIpc) is 3.31. The highest BCUT2D eigenvalue weighted by atomic mass is 15.1. The van der Waals surface area contributed by atoms with E-state index >= 15 is 0 Å². The summed E-state index contributed by atoms with van der Waals surface area (Å²) in [5.41, 5.74) is 6.75. The van der Waals surface area contributed by atoms with Crippen molar-refractivity contribution in [2.75, 3.05) is 9.80 Å². The summed E-state index contributed by atoms with van der Waals surface area (Å²) in [6.45, 7) is 0. The van der Waals surface area contributed by atoms with Crippen molar-refractivity contribution in [3.05, 3.63) is 218 Å². The Morgan fingerprint density at radius 1 is 0.183 bits per heavy atom. The molecule has 0 atom stereocenters. The first kappa shape index (κ1) is 33.1. The fourth-order valence-corrected chi connectivity index (χ4v) is 10.1. The topological polar surface area (TPSA) is 6.48 Å².